The number of pyridine rings is 2. The summed E-state index contributed by atoms with van der Waals surface area (Å²) >= 11 is 0. The molecular formula is C33H34N8O6. The Morgan fingerprint density at radius 3 is 1.60 bits per heavy atom. The summed E-state index contributed by atoms with van der Waals surface area (Å²) in [5, 5.41) is 24.9. The summed E-state index contributed by atoms with van der Waals surface area (Å²) in [5.74, 6) is -1.08. The van der Waals surface area contributed by atoms with Gasteiger partial charge in [-0.05, 0) is 24.3 Å². The highest BCUT2D eigenvalue weighted by atomic mass is 16.3. The molecule has 2 aliphatic heterocycles. The summed E-state index contributed by atoms with van der Waals surface area (Å²) in [6, 6.07) is 6.47. The average Bonchev–Trinajstić information content (AvgIpc) is 3.68. The highest BCUT2D eigenvalue weighted by Gasteiger charge is 2.23. The second kappa shape index (κ2) is 13.4. The van der Waals surface area contributed by atoms with Crippen molar-refractivity contribution in [1.82, 2.24) is 9.97 Å². The molecule has 4 aromatic rings. The number of aliphatic imine (C=N–C) groups is 2. The second-order valence-electron chi connectivity index (χ2n) is 11.2. The third-order valence-corrected chi connectivity index (χ3v) is 7.52. The average molecular weight is 639 g/mol. The Labute approximate surface area is 269 Å². The van der Waals surface area contributed by atoms with E-state index in [-0.39, 0.29) is 66.7 Å². The number of hydrogen-bond donors (Lipinski definition) is 6. The number of Topliss-reactive ketones (excluding diaryl/α,β-unsaturated/α-hetero) is 2. The number of amides is 2. The molecule has 2 amide bonds. The molecule has 14 nitrogen and oxygen atoms in total. The van der Waals surface area contributed by atoms with Crippen molar-refractivity contribution in [2.75, 3.05) is 35.3 Å². The number of aliphatic hydroxyl groups excluding tert-OH is 2. The fraction of sp³-hybridized carbons (Fsp3) is 0.273. The number of rotatable bonds is 10. The molecule has 0 spiro atoms. The summed E-state index contributed by atoms with van der Waals surface area (Å²) in [5.41, 5.74) is 17.9. The fourth-order valence-corrected chi connectivity index (χ4v) is 5.09. The van der Waals surface area contributed by atoms with Crippen LogP contribution in [0.15, 0.2) is 34.3 Å². The van der Waals surface area contributed by atoms with Gasteiger partial charge in [-0.3, -0.25) is 29.2 Å². The predicted molar refractivity (Wildman–Crippen MR) is 181 cm³/mol. The Bertz CT molecular complexity index is 2040. The number of aromatic nitrogens is 2. The summed E-state index contributed by atoms with van der Waals surface area (Å²) in [6.45, 7) is 4.82. The van der Waals surface area contributed by atoms with Gasteiger partial charge in [-0.2, -0.15) is 0 Å². The Morgan fingerprint density at radius 2 is 1.19 bits per heavy atom. The first-order chi connectivity index (χ1) is 22.5. The maximum Gasteiger partial charge on any atom is 0.226 e. The lowest BCUT2D eigenvalue weighted by Crippen LogP contribution is -2.18. The number of carbonyl (C=O) groups is 4. The number of nitrogens with one attached hydrogen (secondary N) is 2. The van der Waals surface area contributed by atoms with Gasteiger partial charge in [0.1, 0.15) is 11.4 Å². The molecule has 2 aromatic carbocycles. The van der Waals surface area contributed by atoms with E-state index in [0.717, 1.165) is 21.9 Å². The molecule has 4 heterocycles. The Kier molecular flexibility index (Phi) is 9.35. The third-order valence-electron chi connectivity index (χ3n) is 7.52. The van der Waals surface area contributed by atoms with Crippen LogP contribution in [-0.2, 0) is 9.59 Å². The van der Waals surface area contributed by atoms with Gasteiger partial charge in [0, 0.05) is 59.5 Å². The molecule has 6 rings (SSSR count). The van der Waals surface area contributed by atoms with Crippen molar-refractivity contribution < 1.29 is 29.4 Å². The summed E-state index contributed by atoms with van der Waals surface area (Å²) in [7, 11) is 0. The van der Waals surface area contributed by atoms with Crippen molar-refractivity contribution >= 4 is 91.7 Å². The largest absolute Gasteiger partial charge is 0.397 e. The van der Waals surface area contributed by atoms with Gasteiger partial charge in [-0.1, -0.05) is 20.8 Å². The van der Waals surface area contributed by atoms with Gasteiger partial charge in [0.15, 0.2) is 11.6 Å². The van der Waals surface area contributed by atoms with E-state index in [1.54, 1.807) is 57.5 Å². The zero-order valence-corrected chi connectivity index (χ0v) is 26.0. The second-order valence-corrected chi connectivity index (χ2v) is 11.2. The van der Waals surface area contributed by atoms with Crippen LogP contribution >= 0.6 is 0 Å². The van der Waals surface area contributed by atoms with Gasteiger partial charge >= 0.3 is 0 Å². The molecule has 2 aliphatic rings. The number of ketones is 2. The number of anilines is 4. The van der Waals surface area contributed by atoms with Crippen LogP contribution in [0.1, 0.15) is 72.1 Å². The molecule has 14 heteroatoms. The number of nitrogens with zero attached hydrogens (tertiary/aromatic N) is 4. The standard InChI is InChI=1S/C17H18N4O3.C16H16N4O3/c1-8(2)17(24)21-12-6-10(18)15-14-9(7-19-15)5-11(20-16(12)14)13(23)3-4-22;1-2-13(23)19-11-6-9(17)15-14-8(7-18-15)5-10(20-16(11)14)12(22)3-4-21/h5-8,22H,3-4,18H2,1-2H3,(H,21,24);5-7,21H,2-4,17H2,1H3,(H,19,23). The number of nitrogens with two attached hydrogens (primary N) is 2. The summed E-state index contributed by atoms with van der Waals surface area (Å²) in [6.07, 6.45) is 3.55. The molecule has 0 saturated carbocycles. The van der Waals surface area contributed by atoms with E-state index in [1.807, 2.05) is 0 Å². The first-order valence-corrected chi connectivity index (χ1v) is 15.0. The van der Waals surface area contributed by atoms with Gasteiger partial charge in [0.05, 0.1) is 58.4 Å². The zero-order valence-electron chi connectivity index (χ0n) is 26.0. The molecule has 0 fully saturated rings. The van der Waals surface area contributed by atoms with Crippen LogP contribution in [0.25, 0.3) is 21.8 Å². The predicted octanol–water partition coefficient (Wildman–Crippen LogP) is 3.84. The van der Waals surface area contributed by atoms with Gasteiger partial charge in [0.2, 0.25) is 11.8 Å². The van der Waals surface area contributed by atoms with E-state index >= 15 is 0 Å². The SMILES string of the molecule is CC(C)C(=O)Nc1cc(N)c2c3c(cc(C(=O)CCO)nc13)C=N2.CCC(=O)Nc1cc(N)c2c3c(cc(C(=O)CCO)nc13)C=N2. The lowest BCUT2D eigenvalue weighted by Gasteiger charge is -2.13. The molecule has 0 bridgehead atoms. The molecular weight excluding hydrogens is 604 g/mol. The quantitative estimate of drug-likeness (QED) is 0.0936. The fourth-order valence-electron chi connectivity index (χ4n) is 5.09. The van der Waals surface area contributed by atoms with Crippen LogP contribution in [0.3, 0.4) is 0 Å². The lowest BCUT2D eigenvalue weighted by atomic mass is 10.0. The highest BCUT2D eigenvalue weighted by Crippen LogP contribution is 2.42. The van der Waals surface area contributed by atoms with E-state index in [0.29, 0.717) is 51.6 Å². The minimum absolute atomic E-state index is 0.00638. The minimum atomic E-state index is -0.268. The van der Waals surface area contributed by atoms with Crippen molar-refractivity contribution in [3.8, 4) is 0 Å². The molecule has 47 heavy (non-hydrogen) atoms. The van der Waals surface area contributed by atoms with Crippen LogP contribution in [-0.4, -0.2) is 69.2 Å². The van der Waals surface area contributed by atoms with E-state index in [9.17, 15) is 19.2 Å². The molecule has 8 N–H and O–H groups in total. The van der Waals surface area contributed by atoms with Crippen molar-refractivity contribution in [3.63, 3.8) is 0 Å². The van der Waals surface area contributed by atoms with E-state index in [4.69, 9.17) is 21.7 Å². The number of nitrogen functional groups attached to an aromatic ring is 2. The van der Waals surface area contributed by atoms with Gasteiger partial charge in [0.25, 0.3) is 0 Å². The maximum atomic E-state index is 12.1. The van der Waals surface area contributed by atoms with Crippen molar-refractivity contribution in [3.05, 3.63) is 46.8 Å². The lowest BCUT2D eigenvalue weighted by molar-refractivity contribution is -0.119. The smallest absolute Gasteiger partial charge is 0.226 e. The number of carbonyl (C=O) groups excluding carboxylic acids is 4. The number of aliphatic hydroxyl groups is 2. The maximum absolute atomic E-state index is 12.1. The third kappa shape index (κ3) is 6.41. The van der Waals surface area contributed by atoms with Gasteiger partial charge < -0.3 is 32.3 Å². The minimum Gasteiger partial charge on any atom is -0.397 e. The van der Waals surface area contributed by atoms with Crippen LogP contribution in [0.2, 0.25) is 0 Å². The molecule has 242 valence electrons. The van der Waals surface area contributed by atoms with Crippen molar-refractivity contribution in [2.45, 2.75) is 40.0 Å². The van der Waals surface area contributed by atoms with E-state index in [2.05, 4.69) is 30.6 Å². The Morgan fingerprint density at radius 1 is 0.745 bits per heavy atom. The van der Waals surface area contributed by atoms with Gasteiger partial charge in [-0.25, -0.2) is 9.97 Å². The summed E-state index contributed by atoms with van der Waals surface area (Å²) in [4.78, 5) is 65.3. The topological polar surface area (TPSA) is 235 Å². The van der Waals surface area contributed by atoms with E-state index in [1.165, 1.54) is 0 Å². The molecule has 0 radical (unpaired) electrons. The van der Waals surface area contributed by atoms with Crippen LogP contribution in [0.5, 0.6) is 0 Å². The van der Waals surface area contributed by atoms with E-state index < -0.39 is 0 Å². The summed E-state index contributed by atoms with van der Waals surface area (Å²) < 4.78 is 0. The Hall–Kier alpha value is -5.60. The van der Waals surface area contributed by atoms with Crippen molar-refractivity contribution in [1.29, 1.82) is 0 Å². The van der Waals surface area contributed by atoms with Crippen LogP contribution in [0.4, 0.5) is 34.1 Å². The molecule has 0 aliphatic carbocycles. The van der Waals surface area contributed by atoms with Crippen LogP contribution in [0, 0.1) is 5.92 Å². The first-order valence-electron chi connectivity index (χ1n) is 15.0. The number of hydrogen-bond acceptors (Lipinski definition) is 12. The molecule has 2 aromatic heterocycles. The molecule has 0 unspecified atom stereocenters. The highest BCUT2D eigenvalue weighted by molar-refractivity contribution is 6.20. The normalized spacial score (nSPS) is 12.0. The van der Waals surface area contributed by atoms with Gasteiger partial charge in [-0.15, -0.1) is 0 Å². The molecule has 0 atom stereocenters. The van der Waals surface area contributed by atoms with Crippen molar-refractivity contribution in [2.24, 2.45) is 15.9 Å². The number of benzene rings is 2. The zero-order chi connectivity index (χ0) is 34.0. The molecule has 0 saturated heterocycles. The Balaban J connectivity index is 0.000000185. The van der Waals surface area contributed by atoms with Crippen LogP contribution < -0.4 is 22.1 Å². The monoisotopic (exact) mass is 638 g/mol. The first kappa shape index (κ1) is 32.8.